The Morgan fingerprint density at radius 1 is 1.06 bits per heavy atom. The number of carbonyl (C=O) groups is 1. The van der Waals surface area contributed by atoms with Crippen LogP contribution in [0.2, 0.25) is 0 Å². The summed E-state index contributed by atoms with van der Waals surface area (Å²) < 4.78 is 80.3. The summed E-state index contributed by atoms with van der Waals surface area (Å²) in [6.45, 7) is -0.361. The number of likely N-dealkylation sites (N-methyl/N-ethyl adjacent to an activating group) is 1. The monoisotopic (exact) mass is 498 g/mol. The van der Waals surface area contributed by atoms with Gasteiger partial charge in [0, 0.05) is 25.7 Å². The van der Waals surface area contributed by atoms with Crippen LogP contribution in [0, 0.1) is 0 Å². The molecule has 2 heterocycles. The molecule has 1 aliphatic rings. The maximum Gasteiger partial charge on any atom is 0.416 e. The molecule has 0 aliphatic carbocycles. The minimum Gasteiger partial charge on any atom is -0.290 e. The van der Waals surface area contributed by atoms with Crippen LogP contribution in [0.5, 0.6) is 0 Å². The first-order chi connectivity index (χ1) is 15.9. The number of thioether (sulfide) groups is 1. The maximum atomic E-state index is 13.4. The molecule has 0 bridgehead atoms. The topological polar surface area (TPSA) is 50.5 Å². The average Bonchev–Trinajstić information content (AvgIpc) is 3.25. The fourth-order valence-electron chi connectivity index (χ4n) is 3.56. The lowest BCUT2D eigenvalue weighted by Gasteiger charge is -2.16. The highest BCUT2D eigenvalue weighted by Crippen LogP contribution is 2.38. The van der Waals surface area contributed by atoms with E-state index in [1.807, 2.05) is 0 Å². The summed E-state index contributed by atoms with van der Waals surface area (Å²) in [4.78, 5) is 18.1. The van der Waals surface area contributed by atoms with Gasteiger partial charge in [-0.05, 0) is 53.2 Å². The number of nitrogens with zero attached hydrogens (tertiary/aromatic N) is 4. The van der Waals surface area contributed by atoms with E-state index in [0.717, 1.165) is 23.4 Å². The first-order valence-corrected chi connectivity index (χ1v) is 10.6. The smallest absolute Gasteiger partial charge is 0.290 e. The van der Waals surface area contributed by atoms with Crippen LogP contribution in [0.25, 0.3) is 17.0 Å². The Hall–Kier alpha value is -3.28. The van der Waals surface area contributed by atoms with E-state index in [2.05, 4.69) is 10.1 Å². The number of aliphatic imine (C=N–C) groups is 1. The number of fused-ring (bicyclic) bond motifs is 1. The number of amidine groups is 1. The molecule has 34 heavy (non-hydrogen) atoms. The number of alkyl halides is 6. The summed E-state index contributed by atoms with van der Waals surface area (Å²) in [6.07, 6.45) is -6.56. The first kappa shape index (κ1) is 23.9. The Kier molecular flexibility index (Phi) is 5.96. The van der Waals surface area contributed by atoms with Gasteiger partial charge >= 0.3 is 12.4 Å². The largest absolute Gasteiger partial charge is 0.416 e. The SMILES string of the molecule is CN=C1/C(=C/c2ccc3nn(Cc4ccc(C(F)(F)F)cc4C(F)(F)F)cc3c2)SC(=O)N1C. The van der Waals surface area contributed by atoms with Crippen LogP contribution in [0.1, 0.15) is 22.3 Å². The standard InChI is InChI=1S/C22H16F6N4OS/c1-29-19-18(34-20(33)31(19)2)8-12-3-6-17-14(7-12)11-32(30-17)10-13-4-5-15(21(23,24)25)9-16(13)22(26,27)28/h3-9,11H,10H2,1-2H3/b18-8-,29-19?. The second kappa shape index (κ2) is 8.49. The number of rotatable bonds is 3. The second-order valence-electron chi connectivity index (χ2n) is 7.50. The van der Waals surface area contributed by atoms with Gasteiger partial charge in [0.15, 0.2) is 0 Å². The van der Waals surface area contributed by atoms with E-state index in [-0.39, 0.29) is 23.4 Å². The van der Waals surface area contributed by atoms with Gasteiger partial charge in [-0.1, -0.05) is 12.1 Å². The van der Waals surface area contributed by atoms with Crippen molar-refractivity contribution in [1.29, 1.82) is 0 Å². The molecular weight excluding hydrogens is 482 g/mol. The third kappa shape index (κ3) is 4.67. The van der Waals surface area contributed by atoms with E-state index in [9.17, 15) is 31.1 Å². The average molecular weight is 498 g/mol. The van der Waals surface area contributed by atoms with E-state index < -0.39 is 23.5 Å². The Balaban J connectivity index is 1.66. The van der Waals surface area contributed by atoms with Crippen molar-refractivity contribution in [1.82, 2.24) is 14.7 Å². The maximum absolute atomic E-state index is 13.4. The molecule has 4 rings (SSSR count). The minimum absolute atomic E-state index is 0.118. The van der Waals surface area contributed by atoms with E-state index in [1.54, 1.807) is 38.4 Å². The predicted molar refractivity (Wildman–Crippen MR) is 117 cm³/mol. The molecule has 0 unspecified atom stereocenters. The van der Waals surface area contributed by atoms with Gasteiger partial charge in [-0.3, -0.25) is 19.4 Å². The van der Waals surface area contributed by atoms with Crippen molar-refractivity contribution in [2.24, 2.45) is 4.99 Å². The van der Waals surface area contributed by atoms with Crippen LogP contribution in [0.4, 0.5) is 31.1 Å². The number of hydrogen-bond donors (Lipinski definition) is 0. The normalized spacial score (nSPS) is 17.5. The lowest BCUT2D eigenvalue weighted by molar-refractivity contribution is -0.143. The van der Waals surface area contributed by atoms with Crippen LogP contribution in [0.15, 0.2) is 52.5 Å². The molecule has 1 amide bonds. The molecular formula is C22H16F6N4OS. The number of amides is 1. The van der Waals surface area contributed by atoms with Crippen LogP contribution >= 0.6 is 11.8 Å². The number of aromatic nitrogens is 2. The Labute approximate surface area is 193 Å². The fraction of sp³-hybridized carbons (Fsp3) is 0.227. The Morgan fingerprint density at radius 2 is 1.79 bits per heavy atom. The van der Waals surface area contributed by atoms with Gasteiger partial charge in [-0.2, -0.15) is 31.4 Å². The third-order valence-corrected chi connectivity index (χ3v) is 6.14. The summed E-state index contributed by atoms with van der Waals surface area (Å²) in [6, 6.07) is 6.73. The van der Waals surface area contributed by atoms with Crippen molar-refractivity contribution in [3.63, 3.8) is 0 Å². The van der Waals surface area contributed by atoms with Crippen LogP contribution in [-0.4, -0.2) is 39.9 Å². The van der Waals surface area contributed by atoms with Gasteiger partial charge in [0.1, 0.15) is 5.84 Å². The van der Waals surface area contributed by atoms with Crippen molar-refractivity contribution in [3.8, 4) is 0 Å². The summed E-state index contributed by atoms with van der Waals surface area (Å²) in [5.41, 5.74) is -1.83. The van der Waals surface area contributed by atoms with E-state index in [0.29, 0.717) is 27.7 Å². The van der Waals surface area contributed by atoms with Crippen LogP contribution < -0.4 is 0 Å². The fourth-order valence-corrected chi connectivity index (χ4v) is 4.49. The number of benzene rings is 2. The van der Waals surface area contributed by atoms with E-state index in [4.69, 9.17) is 0 Å². The molecule has 1 aromatic heterocycles. The molecule has 0 N–H and O–H groups in total. The van der Waals surface area contributed by atoms with Crippen molar-refractivity contribution in [2.75, 3.05) is 14.1 Å². The van der Waals surface area contributed by atoms with Crippen molar-refractivity contribution < 1.29 is 31.1 Å². The van der Waals surface area contributed by atoms with Crippen molar-refractivity contribution >= 4 is 39.8 Å². The number of halogens is 6. The minimum atomic E-state index is -4.95. The Bertz CT molecular complexity index is 1340. The number of carbonyl (C=O) groups excluding carboxylic acids is 1. The van der Waals surface area contributed by atoms with Gasteiger partial charge in [0.05, 0.1) is 28.1 Å². The molecule has 1 saturated heterocycles. The molecule has 3 aromatic rings. The summed E-state index contributed by atoms with van der Waals surface area (Å²) >= 11 is 1.03. The zero-order valence-electron chi connectivity index (χ0n) is 17.7. The number of hydrogen-bond acceptors (Lipinski definition) is 4. The van der Waals surface area contributed by atoms with Gasteiger partial charge < -0.3 is 0 Å². The summed E-state index contributed by atoms with van der Waals surface area (Å²) in [5.74, 6) is 0.521. The second-order valence-corrected chi connectivity index (χ2v) is 8.49. The molecule has 0 saturated carbocycles. The molecule has 178 valence electrons. The van der Waals surface area contributed by atoms with Gasteiger partial charge in [-0.25, -0.2) is 0 Å². The Morgan fingerprint density at radius 3 is 2.44 bits per heavy atom. The third-order valence-electron chi connectivity index (χ3n) is 5.17. The zero-order chi connectivity index (χ0) is 24.8. The van der Waals surface area contributed by atoms with Crippen LogP contribution in [-0.2, 0) is 18.9 Å². The summed E-state index contributed by atoms with van der Waals surface area (Å²) in [7, 11) is 3.19. The van der Waals surface area contributed by atoms with Crippen LogP contribution in [0.3, 0.4) is 0 Å². The molecule has 12 heteroatoms. The highest BCUT2D eigenvalue weighted by molar-refractivity contribution is 8.18. The lowest BCUT2D eigenvalue weighted by atomic mass is 10.0. The molecule has 5 nitrogen and oxygen atoms in total. The van der Waals surface area contributed by atoms with E-state index in [1.165, 1.54) is 15.8 Å². The highest BCUT2D eigenvalue weighted by Gasteiger charge is 2.38. The van der Waals surface area contributed by atoms with Gasteiger partial charge in [0.25, 0.3) is 5.24 Å². The summed E-state index contributed by atoms with van der Waals surface area (Å²) in [5, 5.41) is 4.69. The molecule has 0 radical (unpaired) electrons. The van der Waals surface area contributed by atoms with E-state index >= 15 is 0 Å². The molecule has 1 aliphatic heterocycles. The molecule has 2 aromatic carbocycles. The first-order valence-electron chi connectivity index (χ1n) is 9.76. The van der Waals surface area contributed by atoms with Gasteiger partial charge in [0.2, 0.25) is 0 Å². The lowest BCUT2D eigenvalue weighted by Crippen LogP contribution is -2.22. The van der Waals surface area contributed by atoms with Crippen molar-refractivity contribution in [3.05, 3.63) is 69.8 Å². The van der Waals surface area contributed by atoms with Crippen molar-refractivity contribution in [2.45, 2.75) is 18.9 Å². The molecule has 1 fully saturated rings. The molecule has 0 atom stereocenters. The highest BCUT2D eigenvalue weighted by atomic mass is 32.2. The van der Waals surface area contributed by atoms with Gasteiger partial charge in [-0.15, -0.1) is 0 Å². The predicted octanol–water partition coefficient (Wildman–Crippen LogP) is 6.29. The zero-order valence-corrected chi connectivity index (χ0v) is 18.5. The quantitative estimate of drug-likeness (QED) is 0.399. The molecule has 0 spiro atoms.